The summed E-state index contributed by atoms with van der Waals surface area (Å²) in [5, 5.41) is 11.7. The predicted octanol–water partition coefficient (Wildman–Crippen LogP) is -0.833. The lowest BCUT2D eigenvalue weighted by molar-refractivity contribution is -0.140. The first-order chi connectivity index (χ1) is 6.02. The first-order valence-electron chi connectivity index (χ1n) is 4.35. The molecule has 4 N–H and O–H groups in total. The third kappa shape index (κ3) is 2.95. The van der Waals surface area contributed by atoms with Crippen molar-refractivity contribution >= 4 is 5.97 Å². The Morgan fingerprint density at radius 2 is 2.54 bits per heavy atom. The van der Waals surface area contributed by atoms with Crippen molar-refractivity contribution < 1.29 is 14.6 Å². The van der Waals surface area contributed by atoms with Crippen molar-refractivity contribution in [1.29, 1.82) is 0 Å². The summed E-state index contributed by atoms with van der Waals surface area (Å²) in [5.41, 5.74) is 5.05. The molecule has 13 heavy (non-hydrogen) atoms. The summed E-state index contributed by atoms with van der Waals surface area (Å²) in [6, 6.07) is 0. The lowest BCUT2D eigenvalue weighted by atomic mass is 9.91. The van der Waals surface area contributed by atoms with E-state index in [9.17, 15) is 4.79 Å². The lowest BCUT2D eigenvalue weighted by Gasteiger charge is -2.35. The van der Waals surface area contributed by atoms with Crippen molar-refractivity contribution in [1.82, 2.24) is 5.32 Å². The second-order valence-electron chi connectivity index (χ2n) is 3.64. The van der Waals surface area contributed by atoms with Crippen LogP contribution in [-0.2, 0) is 9.53 Å². The van der Waals surface area contributed by atoms with E-state index in [1.807, 2.05) is 0 Å². The summed E-state index contributed by atoms with van der Waals surface area (Å²) in [6.45, 7) is 3.73. The van der Waals surface area contributed by atoms with E-state index in [1.54, 1.807) is 6.92 Å². The first kappa shape index (κ1) is 10.4. The van der Waals surface area contributed by atoms with Crippen LogP contribution in [0, 0.1) is 0 Å². The smallest absolute Gasteiger partial charge is 0.305 e. The fourth-order valence-electron chi connectivity index (χ4n) is 1.43. The van der Waals surface area contributed by atoms with Gasteiger partial charge in [0, 0.05) is 13.1 Å². The predicted molar refractivity (Wildman–Crippen MR) is 47.5 cm³/mol. The summed E-state index contributed by atoms with van der Waals surface area (Å²) < 4.78 is 5.39. The Morgan fingerprint density at radius 3 is 3.00 bits per heavy atom. The molecule has 0 bridgehead atoms. The number of aliphatic carboxylic acids is 1. The molecule has 0 aromatic heterocycles. The number of nitrogens with one attached hydrogen (secondary N) is 1. The van der Waals surface area contributed by atoms with Gasteiger partial charge in [0.1, 0.15) is 0 Å². The summed E-state index contributed by atoms with van der Waals surface area (Å²) >= 11 is 0. The number of rotatable bonds is 3. The molecular formula is C8H16N2O3. The number of carbonyl (C=O) groups is 1. The van der Waals surface area contributed by atoms with E-state index < -0.39 is 11.5 Å². The number of nitrogens with two attached hydrogens (primary N) is 1. The van der Waals surface area contributed by atoms with Crippen LogP contribution in [0.1, 0.15) is 13.3 Å². The van der Waals surface area contributed by atoms with Crippen LogP contribution >= 0.6 is 0 Å². The zero-order valence-electron chi connectivity index (χ0n) is 7.75. The van der Waals surface area contributed by atoms with Crippen molar-refractivity contribution in [3.05, 3.63) is 0 Å². The molecule has 2 atom stereocenters. The second kappa shape index (κ2) is 4.04. The number of hydrogen-bond acceptors (Lipinski definition) is 4. The molecule has 0 aromatic rings. The molecule has 0 aliphatic carbocycles. The van der Waals surface area contributed by atoms with Gasteiger partial charge in [0.15, 0.2) is 0 Å². The molecule has 0 amide bonds. The average Bonchev–Trinajstić information content (AvgIpc) is 2.04. The highest BCUT2D eigenvalue weighted by atomic mass is 16.5. The minimum Gasteiger partial charge on any atom is -0.481 e. The molecule has 5 heteroatoms. The minimum atomic E-state index is -0.890. The van der Waals surface area contributed by atoms with Crippen LogP contribution in [-0.4, -0.2) is 42.4 Å². The van der Waals surface area contributed by atoms with Gasteiger partial charge in [0.2, 0.25) is 0 Å². The van der Waals surface area contributed by atoms with Crippen molar-refractivity contribution in [2.45, 2.75) is 25.0 Å². The van der Waals surface area contributed by atoms with Crippen LogP contribution < -0.4 is 11.1 Å². The SMILES string of the molecule is CC(N)(CC(=O)O)C1CNCCO1. The van der Waals surface area contributed by atoms with Gasteiger partial charge in [-0.15, -0.1) is 0 Å². The minimum absolute atomic E-state index is 0.0701. The highest BCUT2D eigenvalue weighted by molar-refractivity contribution is 5.68. The molecule has 0 radical (unpaired) electrons. The Balaban J connectivity index is 2.50. The van der Waals surface area contributed by atoms with Crippen LogP contribution in [0.4, 0.5) is 0 Å². The fraction of sp³-hybridized carbons (Fsp3) is 0.875. The van der Waals surface area contributed by atoms with Crippen LogP contribution in [0.15, 0.2) is 0 Å². The number of carboxylic acid groups (broad SMARTS) is 1. The summed E-state index contributed by atoms with van der Waals surface area (Å²) in [7, 11) is 0. The number of ether oxygens (including phenoxy) is 1. The Kier molecular flexibility index (Phi) is 3.24. The summed E-state index contributed by atoms with van der Waals surface area (Å²) in [5.74, 6) is -0.890. The zero-order chi connectivity index (χ0) is 9.90. The van der Waals surface area contributed by atoms with E-state index in [2.05, 4.69) is 5.32 Å². The normalized spacial score (nSPS) is 28.0. The van der Waals surface area contributed by atoms with Gasteiger partial charge in [-0.3, -0.25) is 4.79 Å². The van der Waals surface area contributed by atoms with Crippen LogP contribution in [0.3, 0.4) is 0 Å². The number of morpholine rings is 1. The van der Waals surface area contributed by atoms with Gasteiger partial charge >= 0.3 is 5.97 Å². The van der Waals surface area contributed by atoms with Crippen molar-refractivity contribution in [2.24, 2.45) is 5.73 Å². The van der Waals surface area contributed by atoms with Gasteiger partial charge < -0.3 is 20.9 Å². The maximum Gasteiger partial charge on any atom is 0.305 e. The molecule has 1 rings (SSSR count). The summed E-state index contributed by atoms with van der Waals surface area (Å²) in [4.78, 5) is 10.5. The van der Waals surface area contributed by atoms with Gasteiger partial charge in [-0.1, -0.05) is 0 Å². The zero-order valence-corrected chi connectivity index (χ0v) is 7.75. The molecular weight excluding hydrogens is 172 g/mol. The Bertz CT molecular complexity index is 188. The van der Waals surface area contributed by atoms with Crippen molar-refractivity contribution in [3.63, 3.8) is 0 Å². The molecule has 2 unspecified atom stereocenters. The molecule has 1 saturated heterocycles. The van der Waals surface area contributed by atoms with Gasteiger partial charge in [-0.25, -0.2) is 0 Å². The van der Waals surface area contributed by atoms with Gasteiger partial charge in [0.05, 0.1) is 24.7 Å². The average molecular weight is 188 g/mol. The molecule has 76 valence electrons. The molecule has 1 heterocycles. The third-order valence-electron chi connectivity index (χ3n) is 2.20. The summed E-state index contributed by atoms with van der Waals surface area (Å²) in [6.07, 6.45) is -0.281. The molecule has 1 aliphatic heterocycles. The van der Waals surface area contributed by atoms with Crippen LogP contribution in [0.5, 0.6) is 0 Å². The number of carboxylic acids is 1. The molecule has 5 nitrogen and oxygen atoms in total. The van der Waals surface area contributed by atoms with E-state index in [1.165, 1.54) is 0 Å². The Morgan fingerprint density at radius 1 is 1.85 bits per heavy atom. The standard InChI is InChI=1S/C8H16N2O3/c1-8(9,4-7(11)12)6-5-10-2-3-13-6/h6,10H,2-5,9H2,1H3,(H,11,12). The molecule has 1 aliphatic rings. The molecule has 0 aromatic carbocycles. The van der Waals surface area contributed by atoms with Gasteiger partial charge in [-0.05, 0) is 6.92 Å². The lowest BCUT2D eigenvalue weighted by Crippen LogP contribution is -2.57. The van der Waals surface area contributed by atoms with Crippen LogP contribution in [0.2, 0.25) is 0 Å². The van der Waals surface area contributed by atoms with Crippen molar-refractivity contribution in [3.8, 4) is 0 Å². The van der Waals surface area contributed by atoms with E-state index in [0.29, 0.717) is 13.2 Å². The van der Waals surface area contributed by atoms with Gasteiger partial charge in [-0.2, -0.15) is 0 Å². The van der Waals surface area contributed by atoms with E-state index in [-0.39, 0.29) is 12.5 Å². The maximum atomic E-state index is 10.5. The first-order valence-corrected chi connectivity index (χ1v) is 4.35. The fourth-order valence-corrected chi connectivity index (χ4v) is 1.43. The molecule has 1 fully saturated rings. The van der Waals surface area contributed by atoms with E-state index >= 15 is 0 Å². The second-order valence-corrected chi connectivity index (χ2v) is 3.64. The van der Waals surface area contributed by atoms with E-state index in [4.69, 9.17) is 15.6 Å². The quantitative estimate of drug-likeness (QED) is 0.538. The van der Waals surface area contributed by atoms with E-state index in [0.717, 1.165) is 6.54 Å². The van der Waals surface area contributed by atoms with Crippen LogP contribution in [0.25, 0.3) is 0 Å². The Labute approximate surface area is 77.2 Å². The van der Waals surface area contributed by atoms with Gasteiger partial charge in [0.25, 0.3) is 0 Å². The monoisotopic (exact) mass is 188 g/mol. The number of hydrogen-bond donors (Lipinski definition) is 3. The van der Waals surface area contributed by atoms with Crippen molar-refractivity contribution in [2.75, 3.05) is 19.7 Å². The Hall–Kier alpha value is -0.650. The molecule has 0 spiro atoms. The molecule has 0 saturated carbocycles. The maximum absolute atomic E-state index is 10.5. The largest absolute Gasteiger partial charge is 0.481 e. The highest BCUT2D eigenvalue weighted by Gasteiger charge is 2.34. The highest BCUT2D eigenvalue weighted by Crippen LogP contribution is 2.16. The topological polar surface area (TPSA) is 84.6 Å². The third-order valence-corrected chi connectivity index (χ3v) is 2.20.